The predicted molar refractivity (Wildman–Crippen MR) is 138 cm³/mol. The molecule has 2 aromatic rings. The van der Waals surface area contributed by atoms with Gasteiger partial charge in [0.15, 0.2) is 5.84 Å². The summed E-state index contributed by atoms with van der Waals surface area (Å²) in [6, 6.07) is 12.8. The number of nitrogens with one attached hydrogen (secondary N) is 1. The van der Waals surface area contributed by atoms with E-state index >= 15 is 0 Å². The van der Waals surface area contributed by atoms with Crippen molar-refractivity contribution >= 4 is 60.6 Å². The van der Waals surface area contributed by atoms with Crippen LogP contribution in [-0.2, 0) is 14.6 Å². The Morgan fingerprint density at radius 3 is 2.66 bits per heavy atom. The van der Waals surface area contributed by atoms with Crippen LogP contribution in [-0.4, -0.2) is 54.2 Å². The smallest absolute Gasteiger partial charge is 0.283 e. The van der Waals surface area contributed by atoms with E-state index in [1.165, 1.54) is 6.08 Å². The Kier molecular flexibility index (Phi) is 7.29. The molecule has 2 aliphatic rings. The van der Waals surface area contributed by atoms with Gasteiger partial charge in [0.2, 0.25) is 19.4 Å². The number of hydrazone groups is 1. The zero-order chi connectivity index (χ0) is 25.2. The van der Waals surface area contributed by atoms with E-state index in [0.29, 0.717) is 36.0 Å². The number of carbonyl (C=O) groups excluding carboxylic acids is 1. The van der Waals surface area contributed by atoms with Gasteiger partial charge in [0.05, 0.1) is 23.8 Å². The molecule has 0 fully saturated rings. The molecule has 0 spiro atoms. The molecule has 0 aliphatic carbocycles. The monoisotopic (exact) mass is 532 g/mol. The third kappa shape index (κ3) is 5.92. The Bertz CT molecular complexity index is 1400. The summed E-state index contributed by atoms with van der Waals surface area (Å²) in [5, 5.41) is 13.6. The maximum absolute atomic E-state index is 12.5. The normalized spacial score (nSPS) is 16.8. The number of aryl methyl sites for hydroxylation is 1. The minimum absolute atomic E-state index is 0.0331. The van der Waals surface area contributed by atoms with Crippen molar-refractivity contribution in [2.75, 3.05) is 19.5 Å². The molecule has 2 aliphatic heterocycles. The van der Waals surface area contributed by atoms with Crippen molar-refractivity contribution in [3.05, 3.63) is 64.2 Å². The van der Waals surface area contributed by atoms with Crippen LogP contribution in [0.4, 0.5) is 0 Å². The highest BCUT2D eigenvalue weighted by atomic mass is 35.5. The number of halogens is 1. The SMILES string of the molecule is Cc1cccc(OCCCOc2ccc(/C=C3/C(=N)N4N=C(S(C)(=O)=O)SC4=NC3=O)cc2Cl)c1. The van der Waals surface area contributed by atoms with E-state index in [4.69, 9.17) is 26.5 Å². The number of nitrogens with zero attached hydrogens (tertiary/aromatic N) is 3. The number of sulfone groups is 1. The minimum Gasteiger partial charge on any atom is -0.493 e. The van der Waals surface area contributed by atoms with Gasteiger partial charge >= 0.3 is 0 Å². The highest BCUT2D eigenvalue weighted by Gasteiger charge is 2.38. The van der Waals surface area contributed by atoms with Crippen LogP contribution in [0, 0.1) is 12.3 Å². The second-order valence-electron chi connectivity index (χ2n) is 7.71. The third-order valence-corrected chi connectivity index (χ3v) is 7.70. The second kappa shape index (κ2) is 10.2. The van der Waals surface area contributed by atoms with Gasteiger partial charge in [-0.3, -0.25) is 10.2 Å². The summed E-state index contributed by atoms with van der Waals surface area (Å²) < 4.78 is 34.7. The number of ether oxygens (including phenoxy) is 2. The molecule has 0 saturated heterocycles. The number of amides is 1. The van der Waals surface area contributed by atoms with Crippen LogP contribution in [0.15, 0.2) is 58.1 Å². The summed E-state index contributed by atoms with van der Waals surface area (Å²) in [5.74, 6) is 0.360. The molecule has 35 heavy (non-hydrogen) atoms. The molecule has 1 amide bonds. The molecular weight excluding hydrogens is 512 g/mol. The molecule has 0 unspecified atom stereocenters. The van der Waals surface area contributed by atoms with Crippen molar-refractivity contribution in [2.45, 2.75) is 13.3 Å². The van der Waals surface area contributed by atoms with E-state index in [1.54, 1.807) is 18.2 Å². The highest BCUT2D eigenvalue weighted by Crippen LogP contribution is 2.31. The van der Waals surface area contributed by atoms with Crippen LogP contribution in [0.25, 0.3) is 6.08 Å². The summed E-state index contributed by atoms with van der Waals surface area (Å²) in [4.78, 5) is 16.3. The molecule has 0 saturated carbocycles. The lowest BCUT2D eigenvalue weighted by Crippen LogP contribution is -2.35. The van der Waals surface area contributed by atoms with Crippen LogP contribution in [0.3, 0.4) is 0 Å². The molecule has 9 nitrogen and oxygen atoms in total. The Hall–Kier alpha value is -3.15. The van der Waals surface area contributed by atoms with Crippen molar-refractivity contribution in [1.82, 2.24) is 5.01 Å². The number of amidine groups is 2. The molecular formula is C23H21ClN4O5S2. The first-order valence-corrected chi connectivity index (χ1v) is 13.5. The number of hydrogen-bond donors (Lipinski definition) is 1. The number of rotatable bonds is 7. The molecule has 0 atom stereocenters. The molecule has 2 aromatic carbocycles. The Balaban J connectivity index is 1.38. The lowest BCUT2D eigenvalue weighted by Gasteiger charge is -2.20. The highest BCUT2D eigenvalue weighted by molar-refractivity contribution is 8.42. The number of thioether (sulfide) groups is 1. The number of fused-ring (bicyclic) bond motifs is 1. The van der Waals surface area contributed by atoms with Crippen LogP contribution in [0.5, 0.6) is 11.5 Å². The second-order valence-corrected chi connectivity index (χ2v) is 11.3. The number of benzene rings is 2. The van der Waals surface area contributed by atoms with E-state index in [2.05, 4.69) is 10.1 Å². The van der Waals surface area contributed by atoms with Gasteiger partial charge < -0.3 is 9.47 Å². The first kappa shape index (κ1) is 25.0. The van der Waals surface area contributed by atoms with Gasteiger partial charge in [-0.25, -0.2) is 8.42 Å². The van der Waals surface area contributed by atoms with Crippen LogP contribution in [0.1, 0.15) is 17.5 Å². The van der Waals surface area contributed by atoms with E-state index in [-0.39, 0.29) is 21.0 Å². The van der Waals surface area contributed by atoms with Gasteiger partial charge in [0, 0.05) is 12.7 Å². The first-order chi connectivity index (χ1) is 16.6. The Labute approximate surface area is 211 Å². The van der Waals surface area contributed by atoms with E-state index < -0.39 is 15.7 Å². The summed E-state index contributed by atoms with van der Waals surface area (Å²) in [6.07, 6.45) is 3.11. The van der Waals surface area contributed by atoms with Gasteiger partial charge in [0.1, 0.15) is 11.5 Å². The van der Waals surface area contributed by atoms with Crippen molar-refractivity contribution < 1.29 is 22.7 Å². The molecule has 12 heteroatoms. The lowest BCUT2D eigenvalue weighted by molar-refractivity contribution is -0.114. The molecule has 4 rings (SSSR count). The first-order valence-electron chi connectivity index (χ1n) is 10.4. The zero-order valence-electron chi connectivity index (χ0n) is 18.8. The molecule has 0 aromatic heterocycles. The van der Waals surface area contributed by atoms with E-state index in [1.807, 2.05) is 31.2 Å². The van der Waals surface area contributed by atoms with E-state index in [9.17, 15) is 13.2 Å². The van der Waals surface area contributed by atoms with Crippen molar-refractivity contribution in [3.63, 3.8) is 0 Å². The van der Waals surface area contributed by atoms with Gasteiger partial charge in [0.25, 0.3) is 5.91 Å². The summed E-state index contributed by atoms with van der Waals surface area (Å²) in [7, 11) is -3.59. The fourth-order valence-corrected chi connectivity index (χ4v) is 5.08. The van der Waals surface area contributed by atoms with Gasteiger partial charge in [-0.05, 0) is 60.2 Å². The topological polar surface area (TPSA) is 121 Å². The standard InChI is InChI=1S/C23H21ClN4O5S2/c1-14-5-3-6-16(11-14)32-9-4-10-33-19-8-7-15(13-18(19)24)12-17-20(25)28-22(26-21(17)29)34-23(27-28)35(2,30)31/h3,5-8,11-13,25H,4,9-10H2,1-2H3/b17-12-,25-20?. The average molecular weight is 533 g/mol. The minimum atomic E-state index is -3.59. The maximum Gasteiger partial charge on any atom is 0.283 e. The number of carbonyl (C=O) groups is 1. The number of aliphatic imine (C=N–C) groups is 1. The molecule has 0 bridgehead atoms. The zero-order valence-corrected chi connectivity index (χ0v) is 21.2. The van der Waals surface area contributed by atoms with Gasteiger partial charge in [-0.15, -0.1) is 5.10 Å². The van der Waals surface area contributed by atoms with Crippen LogP contribution >= 0.6 is 23.4 Å². The summed E-state index contributed by atoms with van der Waals surface area (Å²) in [5.41, 5.74) is 1.64. The molecule has 182 valence electrons. The molecule has 2 heterocycles. The summed E-state index contributed by atoms with van der Waals surface area (Å²) >= 11 is 7.08. The Morgan fingerprint density at radius 1 is 1.17 bits per heavy atom. The largest absolute Gasteiger partial charge is 0.493 e. The van der Waals surface area contributed by atoms with Crippen LogP contribution < -0.4 is 9.47 Å². The Morgan fingerprint density at radius 2 is 1.94 bits per heavy atom. The van der Waals surface area contributed by atoms with Crippen molar-refractivity contribution in [2.24, 2.45) is 10.1 Å². The van der Waals surface area contributed by atoms with Gasteiger partial charge in [-0.2, -0.15) is 10.0 Å². The molecule has 0 radical (unpaired) electrons. The maximum atomic E-state index is 12.5. The number of hydrogen-bond acceptors (Lipinski definition) is 8. The summed E-state index contributed by atoms with van der Waals surface area (Å²) in [6.45, 7) is 2.90. The van der Waals surface area contributed by atoms with Crippen molar-refractivity contribution in [3.8, 4) is 11.5 Å². The quantitative estimate of drug-likeness (QED) is 0.420. The third-order valence-electron chi connectivity index (χ3n) is 4.82. The predicted octanol–water partition coefficient (Wildman–Crippen LogP) is 4.12. The molecule has 1 N–H and O–H groups in total. The van der Waals surface area contributed by atoms with Crippen molar-refractivity contribution in [1.29, 1.82) is 5.41 Å². The van der Waals surface area contributed by atoms with Gasteiger partial charge in [-0.1, -0.05) is 29.8 Å². The lowest BCUT2D eigenvalue weighted by atomic mass is 10.1. The van der Waals surface area contributed by atoms with E-state index in [0.717, 1.165) is 34.3 Å². The average Bonchev–Trinajstić information content (AvgIpc) is 3.22. The fourth-order valence-electron chi connectivity index (χ4n) is 3.15. The van der Waals surface area contributed by atoms with Crippen LogP contribution in [0.2, 0.25) is 5.02 Å². The fraction of sp³-hybridized carbons (Fsp3) is 0.217.